The first-order chi connectivity index (χ1) is 6.70. The molecule has 1 aliphatic heterocycles. The summed E-state index contributed by atoms with van der Waals surface area (Å²) in [5.41, 5.74) is 9.61. The van der Waals surface area contributed by atoms with Crippen molar-refractivity contribution in [1.82, 2.24) is 0 Å². The van der Waals surface area contributed by atoms with Crippen molar-refractivity contribution in [3.05, 3.63) is 23.3 Å². The lowest BCUT2D eigenvalue weighted by Crippen LogP contribution is -2.33. The molecule has 0 saturated carbocycles. The standard InChI is InChI=1S/C11H16N2S/c1-7-3-10-11(4-8(7)2)14-6-9(5-12)13-10/h3-4,9,13H,5-6,12H2,1-2H3. The Labute approximate surface area is 89.3 Å². The fraction of sp³-hybridized carbons (Fsp3) is 0.455. The molecule has 0 fully saturated rings. The number of anilines is 1. The Hall–Kier alpha value is -0.670. The van der Waals surface area contributed by atoms with Crippen LogP contribution in [-0.4, -0.2) is 18.3 Å². The molecule has 0 bridgehead atoms. The summed E-state index contributed by atoms with van der Waals surface area (Å²) in [7, 11) is 0. The van der Waals surface area contributed by atoms with Gasteiger partial charge in [0.2, 0.25) is 0 Å². The Morgan fingerprint density at radius 3 is 2.86 bits per heavy atom. The zero-order chi connectivity index (χ0) is 10.1. The summed E-state index contributed by atoms with van der Waals surface area (Å²) in [5.74, 6) is 1.08. The van der Waals surface area contributed by atoms with E-state index in [0.717, 1.165) is 5.75 Å². The molecule has 0 spiro atoms. The second kappa shape index (κ2) is 3.83. The number of nitrogens with one attached hydrogen (secondary N) is 1. The van der Waals surface area contributed by atoms with Gasteiger partial charge >= 0.3 is 0 Å². The summed E-state index contributed by atoms with van der Waals surface area (Å²) >= 11 is 1.90. The molecule has 3 N–H and O–H groups in total. The second-order valence-corrected chi connectivity index (χ2v) is 4.88. The summed E-state index contributed by atoms with van der Waals surface area (Å²) in [6.45, 7) is 5.01. The molecule has 0 aromatic heterocycles. The van der Waals surface area contributed by atoms with Gasteiger partial charge in [-0.1, -0.05) is 0 Å². The summed E-state index contributed by atoms with van der Waals surface area (Å²) in [5, 5.41) is 3.47. The van der Waals surface area contributed by atoms with Crippen molar-refractivity contribution in [2.45, 2.75) is 24.8 Å². The van der Waals surface area contributed by atoms with E-state index < -0.39 is 0 Å². The Kier molecular flexibility index (Phi) is 2.70. The van der Waals surface area contributed by atoms with Crippen molar-refractivity contribution in [3.63, 3.8) is 0 Å². The molecule has 2 nitrogen and oxygen atoms in total. The highest BCUT2D eigenvalue weighted by Gasteiger charge is 2.17. The van der Waals surface area contributed by atoms with Crippen molar-refractivity contribution in [3.8, 4) is 0 Å². The van der Waals surface area contributed by atoms with Crippen LogP contribution in [0.1, 0.15) is 11.1 Å². The van der Waals surface area contributed by atoms with E-state index in [0.29, 0.717) is 12.6 Å². The van der Waals surface area contributed by atoms with Gasteiger partial charge in [0, 0.05) is 28.9 Å². The molecule has 2 rings (SSSR count). The zero-order valence-corrected chi connectivity index (χ0v) is 9.45. The molecule has 1 aliphatic rings. The maximum absolute atomic E-state index is 5.65. The Balaban J connectivity index is 2.33. The van der Waals surface area contributed by atoms with Crippen LogP contribution in [0.4, 0.5) is 5.69 Å². The SMILES string of the molecule is Cc1cc2c(cc1C)SCC(CN)N2. The van der Waals surface area contributed by atoms with Crippen LogP contribution in [0.25, 0.3) is 0 Å². The van der Waals surface area contributed by atoms with Gasteiger partial charge in [-0.25, -0.2) is 0 Å². The lowest BCUT2D eigenvalue weighted by molar-refractivity contribution is 0.802. The fourth-order valence-electron chi connectivity index (χ4n) is 1.60. The predicted octanol–water partition coefficient (Wildman–Crippen LogP) is 2.15. The lowest BCUT2D eigenvalue weighted by atomic mass is 10.1. The van der Waals surface area contributed by atoms with Gasteiger partial charge in [-0.15, -0.1) is 11.8 Å². The summed E-state index contributed by atoms with van der Waals surface area (Å²) < 4.78 is 0. The maximum Gasteiger partial charge on any atom is 0.0484 e. The molecule has 0 amide bonds. The zero-order valence-electron chi connectivity index (χ0n) is 8.63. The number of rotatable bonds is 1. The van der Waals surface area contributed by atoms with E-state index in [9.17, 15) is 0 Å². The molecular weight excluding hydrogens is 192 g/mol. The molecule has 3 heteroatoms. The third-order valence-corrected chi connectivity index (χ3v) is 3.90. The van der Waals surface area contributed by atoms with E-state index in [1.807, 2.05) is 11.8 Å². The van der Waals surface area contributed by atoms with Gasteiger partial charge in [-0.2, -0.15) is 0 Å². The monoisotopic (exact) mass is 208 g/mol. The Morgan fingerprint density at radius 2 is 2.14 bits per heavy atom. The van der Waals surface area contributed by atoms with Crippen LogP contribution in [0.5, 0.6) is 0 Å². The quantitative estimate of drug-likeness (QED) is 0.742. The first kappa shape index (κ1) is 9.87. The Bertz CT molecular complexity index is 349. The number of hydrogen-bond acceptors (Lipinski definition) is 3. The van der Waals surface area contributed by atoms with Crippen LogP contribution >= 0.6 is 11.8 Å². The van der Waals surface area contributed by atoms with E-state index in [2.05, 4.69) is 31.3 Å². The second-order valence-electron chi connectivity index (χ2n) is 3.82. The van der Waals surface area contributed by atoms with Gasteiger partial charge in [0.15, 0.2) is 0 Å². The van der Waals surface area contributed by atoms with Gasteiger partial charge < -0.3 is 11.1 Å². The third kappa shape index (κ3) is 1.74. The summed E-state index contributed by atoms with van der Waals surface area (Å²) in [4.78, 5) is 1.36. The van der Waals surface area contributed by atoms with Crippen LogP contribution in [0.3, 0.4) is 0 Å². The molecule has 0 radical (unpaired) electrons. The van der Waals surface area contributed by atoms with Crippen molar-refractivity contribution in [2.75, 3.05) is 17.6 Å². The topological polar surface area (TPSA) is 38.0 Å². The molecule has 76 valence electrons. The van der Waals surface area contributed by atoms with Gasteiger partial charge in [0.05, 0.1) is 0 Å². The smallest absolute Gasteiger partial charge is 0.0484 e. The van der Waals surface area contributed by atoms with Gasteiger partial charge in [0.25, 0.3) is 0 Å². The number of aryl methyl sites for hydroxylation is 2. The summed E-state index contributed by atoms with van der Waals surface area (Å²) in [6.07, 6.45) is 0. The Morgan fingerprint density at radius 1 is 1.43 bits per heavy atom. The molecular formula is C11H16N2S. The number of thioether (sulfide) groups is 1. The molecule has 14 heavy (non-hydrogen) atoms. The first-order valence-electron chi connectivity index (χ1n) is 4.91. The lowest BCUT2D eigenvalue weighted by Gasteiger charge is -2.26. The largest absolute Gasteiger partial charge is 0.379 e. The molecule has 0 aliphatic carbocycles. The molecule has 1 unspecified atom stereocenters. The number of fused-ring (bicyclic) bond motifs is 1. The molecule has 1 aromatic rings. The van der Waals surface area contributed by atoms with E-state index in [-0.39, 0.29) is 0 Å². The summed E-state index contributed by atoms with van der Waals surface area (Å²) in [6, 6.07) is 4.91. The minimum Gasteiger partial charge on any atom is -0.379 e. The van der Waals surface area contributed by atoms with Crippen LogP contribution in [0.2, 0.25) is 0 Å². The highest BCUT2D eigenvalue weighted by molar-refractivity contribution is 7.99. The van der Waals surface area contributed by atoms with E-state index in [1.54, 1.807) is 0 Å². The van der Waals surface area contributed by atoms with Crippen molar-refractivity contribution in [2.24, 2.45) is 5.73 Å². The number of nitrogens with two attached hydrogens (primary N) is 1. The first-order valence-corrected chi connectivity index (χ1v) is 5.90. The van der Waals surface area contributed by atoms with Crippen LogP contribution in [-0.2, 0) is 0 Å². The van der Waals surface area contributed by atoms with Crippen molar-refractivity contribution >= 4 is 17.4 Å². The van der Waals surface area contributed by atoms with Crippen LogP contribution in [0, 0.1) is 13.8 Å². The maximum atomic E-state index is 5.65. The minimum atomic E-state index is 0.426. The number of benzene rings is 1. The van der Waals surface area contributed by atoms with Crippen molar-refractivity contribution < 1.29 is 0 Å². The van der Waals surface area contributed by atoms with E-state index in [4.69, 9.17) is 5.73 Å². The predicted molar refractivity (Wildman–Crippen MR) is 63.1 cm³/mol. The van der Waals surface area contributed by atoms with Gasteiger partial charge in [-0.05, 0) is 37.1 Å². The van der Waals surface area contributed by atoms with Crippen LogP contribution in [0.15, 0.2) is 17.0 Å². The fourth-order valence-corrected chi connectivity index (χ4v) is 2.73. The highest BCUT2D eigenvalue weighted by Crippen LogP contribution is 2.34. The van der Waals surface area contributed by atoms with E-state index in [1.165, 1.54) is 21.7 Å². The molecule has 0 saturated heterocycles. The van der Waals surface area contributed by atoms with E-state index >= 15 is 0 Å². The van der Waals surface area contributed by atoms with Crippen LogP contribution < -0.4 is 11.1 Å². The average Bonchev–Trinajstić information content (AvgIpc) is 2.19. The van der Waals surface area contributed by atoms with Gasteiger partial charge in [0.1, 0.15) is 0 Å². The minimum absolute atomic E-state index is 0.426. The van der Waals surface area contributed by atoms with Crippen molar-refractivity contribution in [1.29, 1.82) is 0 Å². The average molecular weight is 208 g/mol. The highest BCUT2D eigenvalue weighted by atomic mass is 32.2. The molecule has 1 atom stereocenters. The molecule has 1 heterocycles. The number of hydrogen-bond donors (Lipinski definition) is 2. The molecule has 1 aromatic carbocycles. The third-order valence-electron chi connectivity index (χ3n) is 2.68. The normalized spacial score (nSPS) is 20.1. The van der Waals surface area contributed by atoms with Gasteiger partial charge in [-0.3, -0.25) is 0 Å².